The van der Waals surface area contributed by atoms with Crippen molar-refractivity contribution in [2.24, 2.45) is 0 Å². The van der Waals surface area contributed by atoms with E-state index in [1.807, 2.05) is 0 Å². The van der Waals surface area contributed by atoms with Crippen LogP contribution >= 0.6 is 0 Å². The van der Waals surface area contributed by atoms with E-state index in [1.54, 1.807) is 0 Å². The number of alkyl halides is 2. The Kier molecular flexibility index (Phi) is 2.82. The van der Waals surface area contributed by atoms with E-state index >= 15 is 0 Å². The number of rotatable bonds is 2. The third kappa shape index (κ3) is 1.71. The fraction of sp³-hybridized carbons (Fsp3) is 0.125. The molecule has 0 saturated carbocycles. The van der Waals surface area contributed by atoms with E-state index in [9.17, 15) is 18.0 Å². The summed E-state index contributed by atoms with van der Waals surface area (Å²) in [6, 6.07) is 2.00. The smallest absolute Gasteiger partial charge is 0.283 e. The lowest BCUT2D eigenvalue weighted by Gasteiger charge is -2.02. The van der Waals surface area contributed by atoms with Crippen molar-refractivity contribution in [2.75, 3.05) is 0 Å². The summed E-state index contributed by atoms with van der Waals surface area (Å²) in [6.07, 6.45) is -2.92. The molecule has 14 heavy (non-hydrogen) atoms. The van der Waals surface area contributed by atoms with E-state index in [0.717, 1.165) is 0 Å². The average Bonchev–Trinajstić information content (AvgIpc) is 2.16. The standard InChI is InChI=1S/C8H3F3N2O/c9-5-1-4(3-14)6(2-12)13-7(5)8(10)11/h1,3,8H. The Balaban J connectivity index is 3.39. The fourth-order valence-electron chi connectivity index (χ4n) is 0.850. The molecule has 0 aliphatic carbocycles. The Morgan fingerprint density at radius 3 is 2.64 bits per heavy atom. The predicted molar refractivity (Wildman–Crippen MR) is 39.3 cm³/mol. The summed E-state index contributed by atoms with van der Waals surface area (Å²) >= 11 is 0. The lowest BCUT2D eigenvalue weighted by Crippen LogP contribution is -2.02. The number of nitrogens with zero attached hydrogens (tertiary/aromatic N) is 2. The molecule has 0 bridgehead atoms. The van der Waals surface area contributed by atoms with Crippen molar-refractivity contribution >= 4 is 6.29 Å². The number of halogens is 3. The van der Waals surface area contributed by atoms with E-state index in [-0.39, 0.29) is 11.8 Å². The molecule has 0 spiro atoms. The molecule has 1 rings (SSSR count). The minimum Gasteiger partial charge on any atom is -0.298 e. The molecule has 0 atom stereocenters. The molecule has 0 N–H and O–H groups in total. The molecule has 0 radical (unpaired) electrons. The first-order valence-corrected chi connectivity index (χ1v) is 3.44. The summed E-state index contributed by atoms with van der Waals surface area (Å²) in [6.45, 7) is 0. The minimum atomic E-state index is -3.11. The van der Waals surface area contributed by atoms with Crippen LogP contribution in [0.2, 0.25) is 0 Å². The van der Waals surface area contributed by atoms with E-state index in [0.29, 0.717) is 6.07 Å². The summed E-state index contributed by atoms with van der Waals surface area (Å²) < 4.78 is 37.0. The van der Waals surface area contributed by atoms with Gasteiger partial charge in [-0.2, -0.15) is 5.26 Å². The topological polar surface area (TPSA) is 53.8 Å². The van der Waals surface area contributed by atoms with E-state index < -0.39 is 23.6 Å². The van der Waals surface area contributed by atoms with Crippen LogP contribution in [0, 0.1) is 17.1 Å². The Bertz CT molecular complexity index is 412. The first-order valence-electron chi connectivity index (χ1n) is 3.44. The maximum absolute atomic E-state index is 12.8. The lowest BCUT2D eigenvalue weighted by atomic mass is 10.2. The number of hydrogen-bond acceptors (Lipinski definition) is 3. The number of hydrogen-bond donors (Lipinski definition) is 0. The van der Waals surface area contributed by atoms with Gasteiger partial charge in [-0.05, 0) is 6.07 Å². The van der Waals surface area contributed by atoms with Gasteiger partial charge in [0.2, 0.25) is 0 Å². The predicted octanol–water partition coefficient (Wildman–Crippen LogP) is 1.84. The zero-order valence-electron chi connectivity index (χ0n) is 6.67. The summed E-state index contributed by atoms with van der Waals surface area (Å²) in [4.78, 5) is 13.3. The van der Waals surface area contributed by atoms with Gasteiger partial charge in [0, 0.05) is 0 Å². The monoisotopic (exact) mass is 200 g/mol. The molecule has 3 nitrogen and oxygen atoms in total. The molecule has 0 aliphatic heterocycles. The summed E-state index contributed by atoms with van der Waals surface area (Å²) in [5.74, 6) is -1.29. The second-order valence-corrected chi connectivity index (χ2v) is 2.32. The van der Waals surface area contributed by atoms with Gasteiger partial charge in [0.1, 0.15) is 11.8 Å². The van der Waals surface area contributed by atoms with Crippen LogP contribution in [-0.4, -0.2) is 11.3 Å². The first-order chi connectivity index (χ1) is 6.60. The molecular weight excluding hydrogens is 197 g/mol. The van der Waals surface area contributed by atoms with Gasteiger partial charge in [0.15, 0.2) is 17.8 Å². The third-order valence-electron chi connectivity index (χ3n) is 1.47. The van der Waals surface area contributed by atoms with Gasteiger partial charge in [-0.1, -0.05) is 0 Å². The Labute approximate surface area is 76.8 Å². The maximum Gasteiger partial charge on any atom is 0.283 e. The molecule has 0 unspecified atom stereocenters. The quantitative estimate of drug-likeness (QED) is 0.684. The first kappa shape index (κ1) is 10.2. The highest BCUT2D eigenvalue weighted by Gasteiger charge is 2.18. The molecule has 72 valence electrons. The van der Waals surface area contributed by atoms with Crippen molar-refractivity contribution in [3.8, 4) is 6.07 Å². The number of carbonyl (C=O) groups is 1. The molecule has 0 fully saturated rings. The van der Waals surface area contributed by atoms with Crippen molar-refractivity contribution in [3.05, 3.63) is 28.8 Å². The van der Waals surface area contributed by atoms with Gasteiger partial charge in [0.05, 0.1) is 5.56 Å². The van der Waals surface area contributed by atoms with Crippen LogP contribution in [0.3, 0.4) is 0 Å². The number of aldehydes is 1. The molecule has 0 saturated heterocycles. The highest BCUT2D eigenvalue weighted by Crippen LogP contribution is 2.21. The summed E-state index contributed by atoms with van der Waals surface area (Å²) in [5, 5.41) is 8.41. The van der Waals surface area contributed by atoms with E-state index in [4.69, 9.17) is 5.26 Å². The summed E-state index contributed by atoms with van der Waals surface area (Å²) in [7, 11) is 0. The van der Waals surface area contributed by atoms with Gasteiger partial charge in [-0.15, -0.1) is 0 Å². The highest BCUT2D eigenvalue weighted by molar-refractivity contribution is 5.78. The molecular formula is C8H3F3N2O. The number of aromatic nitrogens is 1. The molecule has 1 aromatic rings. The zero-order chi connectivity index (χ0) is 10.7. The fourth-order valence-corrected chi connectivity index (χ4v) is 0.850. The minimum absolute atomic E-state index is 0.184. The van der Waals surface area contributed by atoms with Gasteiger partial charge in [-0.3, -0.25) is 4.79 Å². The number of nitriles is 1. The Hall–Kier alpha value is -1.90. The van der Waals surface area contributed by atoms with Gasteiger partial charge in [0.25, 0.3) is 6.43 Å². The molecule has 6 heteroatoms. The molecule has 1 aromatic heterocycles. The zero-order valence-corrected chi connectivity index (χ0v) is 6.67. The van der Waals surface area contributed by atoms with Gasteiger partial charge >= 0.3 is 0 Å². The van der Waals surface area contributed by atoms with Crippen LogP contribution in [0.15, 0.2) is 6.07 Å². The number of carbonyl (C=O) groups excluding carboxylic acids is 1. The van der Waals surface area contributed by atoms with Crippen LogP contribution in [0.1, 0.15) is 28.2 Å². The normalized spacial score (nSPS) is 9.93. The van der Waals surface area contributed by atoms with Crippen LogP contribution in [-0.2, 0) is 0 Å². The maximum atomic E-state index is 12.8. The third-order valence-corrected chi connectivity index (χ3v) is 1.47. The molecule has 0 amide bonds. The lowest BCUT2D eigenvalue weighted by molar-refractivity contribution is 0.112. The van der Waals surface area contributed by atoms with Crippen molar-refractivity contribution in [1.29, 1.82) is 5.26 Å². The SMILES string of the molecule is N#Cc1nc(C(F)F)c(F)cc1C=O. The second-order valence-electron chi connectivity index (χ2n) is 2.32. The van der Waals surface area contributed by atoms with Gasteiger partial charge < -0.3 is 0 Å². The van der Waals surface area contributed by atoms with Crippen LogP contribution in [0.4, 0.5) is 13.2 Å². The van der Waals surface area contributed by atoms with Crippen LogP contribution in [0.5, 0.6) is 0 Å². The van der Waals surface area contributed by atoms with Crippen molar-refractivity contribution in [1.82, 2.24) is 4.98 Å². The Morgan fingerprint density at radius 2 is 2.21 bits per heavy atom. The van der Waals surface area contributed by atoms with E-state index in [1.165, 1.54) is 6.07 Å². The molecule has 0 aliphatic rings. The molecule has 1 heterocycles. The summed E-state index contributed by atoms with van der Waals surface area (Å²) in [5.41, 5.74) is -1.96. The largest absolute Gasteiger partial charge is 0.298 e. The Morgan fingerprint density at radius 1 is 1.57 bits per heavy atom. The van der Waals surface area contributed by atoms with Gasteiger partial charge in [-0.25, -0.2) is 18.2 Å². The molecule has 0 aromatic carbocycles. The van der Waals surface area contributed by atoms with E-state index in [2.05, 4.69) is 4.98 Å². The highest BCUT2D eigenvalue weighted by atomic mass is 19.3. The van der Waals surface area contributed by atoms with Crippen LogP contribution in [0.25, 0.3) is 0 Å². The van der Waals surface area contributed by atoms with Crippen molar-refractivity contribution < 1.29 is 18.0 Å². The van der Waals surface area contributed by atoms with Crippen molar-refractivity contribution in [3.63, 3.8) is 0 Å². The number of pyridine rings is 1. The van der Waals surface area contributed by atoms with Crippen LogP contribution < -0.4 is 0 Å². The average molecular weight is 200 g/mol. The van der Waals surface area contributed by atoms with Crippen molar-refractivity contribution in [2.45, 2.75) is 6.43 Å². The second kappa shape index (κ2) is 3.87.